The minimum Gasteiger partial charge on any atom is -0.354 e. The first-order valence-electron chi connectivity index (χ1n) is 12.0. The second kappa shape index (κ2) is 10.8. The van der Waals surface area contributed by atoms with Crippen LogP contribution in [0.1, 0.15) is 24.5 Å². The third-order valence-electron chi connectivity index (χ3n) is 6.35. The van der Waals surface area contributed by atoms with Crippen LogP contribution in [0.4, 0.5) is 5.69 Å². The zero-order valence-electron chi connectivity index (χ0n) is 20.0. The molecule has 34 heavy (non-hydrogen) atoms. The number of benzodiazepines with no additional fused rings is 1. The van der Waals surface area contributed by atoms with Gasteiger partial charge >= 0.3 is 0 Å². The number of likely N-dealkylation sites (N-methyl/N-ethyl adjacent to an activating group) is 1. The van der Waals surface area contributed by atoms with Gasteiger partial charge in [0.15, 0.2) is 0 Å². The van der Waals surface area contributed by atoms with E-state index in [4.69, 9.17) is 10.7 Å². The summed E-state index contributed by atoms with van der Waals surface area (Å²) in [6.45, 7) is 6.01. The zero-order chi connectivity index (χ0) is 24.1. The van der Waals surface area contributed by atoms with Crippen molar-refractivity contribution in [2.24, 2.45) is 10.7 Å². The Morgan fingerprint density at radius 3 is 2.47 bits per heavy atom. The molecule has 2 aromatic rings. The number of rotatable bonds is 6. The molecule has 180 valence electrons. The van der Waals surface area contributed by atoms with Crippen molar-refractivity contribution in [2.75, 3.05) is 44.7 Å². The van der Waals surface area contributed by atoms with Gasteiger partial charge in [0.2, 0.25) is 12.1 Å². The van der Waals surface area contributed by atoms with Crippen LogP contribution >= 0.6 is 0 Å². The minimum absolute atomic E-state index is 0.237. The van der Waals surface area contributed by atoms with Crippen molar-refractivity contribution in [3.8, 4) is 0 Å². The first kappa shape index (κ1) is 23.9. The Bertz CT molecular complexity index is 1030. The predicted molar refractivity (Wildman–Crippen MR) is 135 cm³/mol. The number of carbonyl (C=O) groups is 2. The van der Waals surface area contributed by atoms with Gasteiger partial charge in [-0.25, -0.2) is 4.99 Å². The molecule has 0 aromatic heterocycles. The molecule has 1 fully saturated rings. The highest BCUT2D eigenvalue weighted by molar-refractivity contribution is 6.12. The van der Waals surface area contributed by atoms with Gasteiger partial charge in [-0.3, -0.25) is 9.59 Å². The van der Waals surface area contributed by atoms with E-state index in [0.29, 0.717) is 13.0 Å². The van der Waals surface area contributed by atoms with E-state index in [1.54, 1.807) is 4.90 Å². The molecule has 0 saturated carbocycles. The molecule has 2 unspecified atom stereocenters. The third kappa shape index (κ3) is 5.29. The molecule has 4 rings (SSSR count). The summed E-state index contributed by atoms with van der Waals surface area (Å²) >= 11 is 0. The maximum Gasteiger partial charge on any atom is 0.272 e. The Morgan fingerprint density at radius 1 is 1.09 bits per heavy atom. The average molecular weight is 463 g/mol. The van der Waals surface area contributed by atoms with Gasteiger partial charge in [-0.2, -0.15) is 0 Å². The molecule has 2 heterocycles. The Balaban J connectivity index is 1.64. The second-order valence-electron chi connectivity index (χ2n) is 8.96. The second-order valence-corrected chi connectivity index (χ2v) is 8.96. The van der Waals surface area contributed by atoms with Crippen LogP contribution in [0.3, 0.4) is 0 Å². The molecule has 2 aromatic carbocycles. The number of nitrogens with one attached hydrogen (secondary N) is 1. The van der Waals surface area contributed by atoms with E-state index in [9.17, 15) is 9.59 Å². The monoisotopic (exact) mass is 462 g/mol. The molecule has 2 aliphatic heterocycles. The molecule has 3 N–H and O–H groups in total. The quantitative estimate of drug-likeness (QED) is 0.678. The zero-order valence-corrected chi connectivity index (χ0v) is 20.0. The maximum absolute atomic E-state index is 13.6. The number of amides is 2. The summed E-state index contributed by atoms with van der Waals surface area (Å²) in [6, 6.07) is 16.7. The number of anilines is 1. The number of amidine groups is 1. The van der Waals surface area contributed by atoms with Crippen LogP contribution in [-0.4, -0.2) is 79.4 Å². The van der Waals surface area contributed by atoms with E-state index in [2.05, 4.69) is 22.2 Å². The van der Waals surface area contributed by atoms with Gasteiger partial charge in [0.05, 0.1) is 11.7 Å². The number of para-hydroxylation sites is 1. The molecule has 8 heteroatoms. The number of piperazine rings is 1. The molecule has 2 amide bonds. The smallest absolute Gasteiger partial charge is 0.272 e. The normalized spacial score (nSPS) is 19.8. The Labute approximate surface area is 201 Å². The summed E-state index contributed by atoms with van der Waals surface area (Å²) in [7, 11) is 2.10. The Hall–Kier alpha value is -3.23. The fourth-order valence-corrected chi connectivity index (χ4v) is 4.43. The van der Waals surface area contributed by atoms with Crippen LogP contribution in [-0.2, 0) is 16.0 Å². The molecule has 1 saturated heterocycles. The average Bonchev–Trinajstić information content (AvgIpc) is 2.96. The van der Waals surface area contributed by atoms with Crippen molar-refractivity contribution in [1.82, 2.24) is 15.1 Å². The summed E-state index contributed by atoms with van der Waals surface area (Å²) in [5.74, 6) is 0.127. The molecule has 8 nitrogen and oxygen atoms in total. The van der Waals surface area contributed by atoms with E-state index >= 15 is 0 Å². The van der Waals surface area contributed by atoms with Crippen molar-refractivity contribution in [1.29, 1.82) is 0 Å². The maximum atomic E-state index is 13.6. The molecular weight excluding hydrogens is 428 g/mol. The van der Waals surface area contributed by atoms with Crippen LogP contribution < -0.4 is 16.0 Å². The lowest BCUT2D eigenvalue weighted by atomic mass is 10.1. The molecular formula is C26H34N6O2. The van der Waals surface area contributed by atoms with E-state index in [1.165, 1.54) is 0 Å². The first-order chi connectivity index (χ1) is 16.5. The molecule has 0 spiro atoms. The van der Waals surface area contributed by atoms with Gasteiger partial charge in [-0.15, -0.1) is 0 Å². The standard InChI is InChI=1S/C26H34N6O2/c1-3-13-32-22-12-8-7-11-20(22)24(31-16-14-30(2)15-17-31)28-23(26(32)34)29-25(33)21(27)18-19-9-5-4-6-10-19/h4-12,21,23H,3,13-18,27H2,1-2H3,(H,29,33). The summed E-state index contributed by atoms with van der Waals surface area (Å²) < 4.78 is 0. The SMILES string of the molecule is CCCN1C(=O)C(NC(=O)C(N)Cc2ccccc2)N=C(N2CCN(C)CC2)c2ccccc21. The molecule has 0 bridgehead atoms. The lowest BCUT2D eigenvalue weighted by molar-refractivity contribution is -0.128. The number of nitrogens with zero attached hydrogens (tertiary/aromatic N) is 4. The van der Waals surface area contributed by atoms with Crippen molar-refractivity contribution in [2.45, 2.75) is 32.0 Å². The number of aliphatic imine (C=N–C) groups is 1. The fourth-order valence-electron chi connectivity index (χ4n) is 4.43. The summed E-state index contributed by atoms with van der Waals surface area (Å²) in [6.07, 6.45) is 0.155. The summed E-state index contributed by atoms with van der Waals surface area (Å²) in [5.41, 5.74) is 8.94. The Kier molecular flexibility index (Phi) is 7.59. The molecule has 0 aliphatic carbocycles. The van der Waals surface area contributed by atoms with Crippen LogP contribution in [0.5, 0.6) is 0 Å². The number of carbonyl (C=O) groups excluding carboxylic acids is 2. The van der Waals surface area contributed by atoms with Crippen LogP contribution in [0.15, 0.2) is 59.6 Å². The number of benzene rings is 2. The number of nitrogens with two attached hydrogens (primary N) is 1. The highest BCUT2D eigenvalue weighted by Crippen LogP contribution is 2.27. The lowest BCUT2D eigenvalue weighted by Crippen LogP contribution is -2.53. The Morgan fingerprint density at radius 2 is 1.76 bits per heavy atom. The van der Waals surface area contributed by atoms with Gasteiger partial charge in [-0.05, 0) is 37.6 Å². The van der Waals surface area contributed by atoms with Gasteiger partial charge in [0, 0.05) is 38.3 Å². The van der Waals surface area contributed by atoms with Crippen molar-refractivity contribution in [3.05, 3.63) is 65.7 Å². The van der Waals surface area contributed by atoms with Gasteiger partial charge in [0.25, 0.3) is 5.91 Å². The fraction of sp³-hybridized carbons (Fsp3) is 0.423. The lowest BCUT2D eigenvalue weighted by Gasteiger charge is -2.35. The first-order valence-corrected chi connectivity index (χ1v) is 12.0. The molecule has 2 atom stereocenters. The van der Waals surface area contributed by atoms with Gasteiger partial charge in [-0.1, -0.05) is 49.4 Å². The van der Waals surface area contributed by atoms with Crippen LogP contribution in [0, 0.1) is 0 Å². The predicted octanol–water partition coefficient (Wildman–Crippen LogP) is 1.45. The van der Waals surface area contributed by atoms with E-state index in [1.807, 2.05) is 61.5 Å². The highest BCUT2D eigenvalue weighted by Gasteiger charge is 2.35. The van der Waals surface area contributed by atoms with Gasteiger partial charge in [0.1, 0.15) is 5.84 Å². The van der Waals surface area contributed by atoms with Crippen LogP contribution in [0.2, 0.25) is 0 Å². The highest BCUT2D eigenvalue weighted by atomic mass is 16.2. The van der Waals surface area contributed by atoms with E-state index in [-0.39, 0.29) is 11.8 Å². The number of hydrogen-bond acceptors (Lipinski definition) is 6. The number of hydrogen-bond donors (Lipinski definition) is 2. The third-order valence-corrected chi connectivity index (χ3v) is 6.35. The van der Waals surface area contributed by atoms with Crippen molar-refractivity contribution in [3.63, 3.8) is 0 Å². The molecule has 2 aliphatic rings. The van der Waals surface area contributed by atoms with Crippen molar-refractivity contribution < 1.29 is 9.59 Å². The number of fused-ring (bicyclic) bond motifs is 1. The van der Waals surface area contributed by atoms with Crippen molar-refractivity contribution >= 4 is 23.3 Å². The molecule has 0 radical (unpaired) electrons. The topological polar surface area (TPSA) is 94.3 Å². The largest absolute Gasteiger partial charge is 0.354 e. The van der Waals surface area contributed by atoms with E-state index < -0.39 is 12.2 Å². The summed E-state index contributed by atoms with van der Waals surface area (Å²) in [4.78, 5) is 37.8. The minimum atomic E-state index is -1.03. The summed E-state index contributed by atoms with van der Waals surface area (Å²) in [5, 5.41) is 2.85. The van der Waals surface area contributed by atoms with Crippen LogP contribution in [0.25, 0.3) is 0 Å². The van der Waals surface area contributed by atoms with Gasteiger partial charge < -0.3 is 25.8 Å². The van der Waals surface area contributed by atoms with E-state index in [0.717, 1.165) is 55.2 Å².